The number of aliphatic carboxylic acids is 1. The Hall–Kier alpha value is -3.92. The zero-order valence-electron chi connectivity index (χ0n) is 18.7. The maximum atomic E-state index is 12.1. The van der Waals surface area contributed by atoms with E-state index in [1.165, 1.54) is 7.11 Å². The number of hydrogen-bond donors (Lipinski definition) is 4. The molecule has 10 heteroatoms. The van der Waals surface area contributed by atoms with E-state index in [0.717, 1.165) is 22.3 Å². The number of alkyl carbamates (subject to hydrolysis) is 1. The molecular weight excluding hydrogens is 442 g/mol. The second-order valence-electron chi connectivity index (χ2n) is 7.66. The molecule has 0 bridgehead atoms. The Morgan fingerprint density at radius 3 is 2.03 bits per heavy atom. The van der Waals surface area contributed by atoms with Gasteiger partial charge in [-0.2, -0.15) is 0 Å². The van der Waals surface area contributed by atoms with Gasteiger partial charge in [-0.15, -0.1) is 0 Å². The standard InChI is InChI=1S/C24H27N3O7/c1-33-20(23(30)31)10-11-25-21(28)12-26-22(29)13-27-24(32)34-14-19-17-8-4-2-6-15(17)16-7-3-5-9-18(16)19/h2-9,19-20H,10-14H2,1H3,(H,25,28)(H,26,29)(H,27,32)(H,30,31). The van der Waals surface area contributed by atoms with Crippen molar-refractivity contribution in [1.29, 1.82) is 0 Å². The highest BCUT2D eigenvalue weighted by Gasteiger charge is 2.29. The van der Waals surface area contributed by atoms with Crippen molar-refractivity contribution in [1.82, 2.24) is 16.0 Å². The zero-order valence-corrected chi connectivity index (χ0v) is 18.7. The molecule has 1 unspecified atom stereocenters. The van der Waals surface area contributed by atoms with Crippen LogP contribution in [0, 0.1) is 0 Å². The fourth-order valence-electron chi connectivity index (χ4n) is 3.79. The van der Waals surface area contributed by atoms with Crippen molar-refractivity contribution < 1.29 is 33.8 Å². The third kappa shape index (κ3) is 6.32. The Kier molecular flexibility index (Phi) is 8.58. The molecule has 0 heterocycles. The first kappa shape index (κ1) is 24.7. The fourth-order valence-corrected chi connectivity index (χ4v) is 3.79. The summed E-state index contributed by atoms with van der Waals surface area (Å²) >= 11 is 0. The predicted octanol–water partition coefficient (Wildman–Crippen LogP) is 1.25. The number of nitrogens with one attached hydrogen (secondary N) is 3. The summed E-state index contributed by atoms with van der Waals surface area (Å²) in [6.45, 7) is -0.454. The average Bonchev–Trinajstić information content (AvgIpc) is 3.16. The summed E-state index contributed by atoms with van der Waals surface area (Å²) < 4.78 is 10.1. The van der Waals surface area contributed by atoms with Crippen molar-refractivity contribution in [2.45, 2.75) is 18.4 Å². The maximum Gasteiger partial charge on any atom is 0.407 e. The van der Waals surface area contributed by atoms with E-state index in [-0.39, 0.29) is 38.6 Å². The van der Waals surface area contributed by atoms with Crippen LogP contribution in [-0.4, -0.2) is 68.4 Å². The van der Waals surface area contributed by atoms with Gasteiger partial charge in [0.25, 0.3) is 0 Å². The van der Waals surface area contributed by atoms with Crippen LogP contribution < -0.4 is 16.0 Å². The smallest absolute Gasteiger partial charge is 0.407 e. The maximum absolute atomic E-state index is 12.1. The summed E-state index contributed by atoms with van der Waals surface area (Å²) in [4.78, 5) is 46.6. The Bertz CT molecular complexity index is 1010. The summed E-state index contributed by atoms with van der Waals surface area (Å²) in [5.41, 5.74) is 4.40. The van der Waals surface area contributed by atoms with Crippen molar-refractivity contribution in [2.75, 3.05) is 33.4 Å². The summed E-state index contributed by atoms with van der Waals surface area (Å²) in [6.07, 6.45) is -1.66. The minimum atomic E-state index is -1.12. The van der Waals surface area contributed by atoms with Crippen LogP contribution in [0.4, 0.5) is 4.79 Å². The normalized spacial score (nSPS) is 12.7. The average molecular weight is 469 g/mol. The molecule has 0 spiro atoms. The van der Waals surface area contributed by atoms with Crippen LogP contribution in [0.15, 0.2) is 48.5 Å². The molecule has 4 N–H and O–H groups in total. The molecule has 1 aliphatic carbocycles. The van der Waals surface area contributed by atoms with Gasteiger partial charge < -0.3 is 30.5 Å². The van der Waals surface area contributed by atoms with Crippen molar-refractivity contribution >= 4 is 23.9 Å². The molecule has 0 aliphatic heterocycles. The lowest BCUT2D eigenvalue weighted by molar-refractivity contribution is -0.148. The molecule has 180 valence electrons. The first-order valence-corrected chi connectivity index (χ1v) is 10.8. The number of carbonyl (C=O) groups is 4. The number of ether oxygens (including phenoxy) is 2. The molecule has 0 aromatic heterocycles. The molecule has 0 saturated heterocycles. The molecule has 10 nitrogen and oxygen atoms in total. The summed E-state index contributed by atoms with van der Waals surface area (Å²) in [7, 11) is 1.27. The lowest BCUT2D eigenvalue weighted by Crippen LogP contribution is -2.42. The molecule has 1 aliphatic rings. The van der Waals surface area contributed by atoms with E-state index in [4.69, 9.17) is 14.6 Å². The van der Waals surface area contributed by atoms with Crippen molar-refractivity contribution in [3.8, 4) is 11.1 Å². The largest absolute Gasteiger partial charge is 0.479 e. The molecule has 2 aromatic carbocycles. The van der Waals surface area contributed by atoms with Gasteiger partial charge in [0, 0.05) is 26.0 Å². The summed E-state index contributed by atoms with van der Waals surface area (Å²) in [5.74, 6) is -2.27. The number of hydrogen-bond acceptors (Lipinski definition) is 6. The second kappa shape index (κ2) is 11.8. The number of carbonyl (C=O) groups excluding carboxylic acids is 3. The number of methoxy groups -OCH3 is 1. The highest BCUT2D eigenvalue weighted by Crippen LogP contribution is 2.44. The first-order valence-electron chi connectivity index (χ1n) is 10.8. The van der Waals surface area contributed by atoms with Crippen LogP contribution in [0.2, 0.25) is 0 Å². The number of amides is 3. The first-order chi connectivity index (χ1) is 16.4. The van der Waals surface area contributed by atoms with E-state index in [2.05, 4.69) is 16.0 Å². The molecule has 0 saturated carbocycles. The predicted molar refractivity (Wildman–Crippen MR) is 122 cm³/mol. The Balaban J connectivity index is 1.37. The van der Waals surface area contributed by atoms with Crippen molar-refractivity contribution in [2.24, 2.45) is 0 Å². The van der Waals surface area contributed by atoms with Crippen LogP contribution >= 0.6 is 0 Å². The number of rotatable bonds is 11. The van der Waals surface area contributed by atoms with E-state index in [1.807, 2.05) is 48.5 Å². The molecule has 34 heavy (non-hydrogen) atoms. The minimum Gasteiger partial charge on any atom is -0.479 e. The molecule has 0 fully saturated rings. The summed E-state index contributed by atoms with van der Waals surface area (Å²) in [6, 6.07) is 15.9. The van der Waals surface area contributed by atoms with E-state index < -0.39 is 30.0 Å². The minimum absolute atomic E-state index is 0.0809. The lowest BCUT2D eigenvalue weighted by atomic mass is 9.98. The molecule has 2 aromatic rings. The molecule has 1 atom stereocenters. The van der Waals surface area contributed by atoms with E-state index >= 15 is 0 Å². The molecule has 3 rings (SSSR count). The monoisotopic (exact) mass is 469 g/mol. The van der Waals surface area contributed by atoms with Crippen LogP contribution in [-0.2, 0) is 23.9 Å². The third-order valence-electron chi connectivity index (χ3n) is 5.47. The van der Waals surface area contributed by atoms with Gasteiger partial charge in [0.1, 0.15) is 13.2 Å². The fraction of sp³-hybridized carbons (Fsp3) is 0.333. The van der Waals surface area contributed by atoms with Gasteiger partial charge in [0.2, 0.25) is 11.8 Å². The van der Waals surface area contributed by atoms with Crippen molar-refractivity contribution in [3.05, 3.63) is 59.7 Å². The second-order valence-corrected chi connectivity index (χ2v) is 7.66. The van der Waals surface area contributed by atoms with Gasteiger partial charge in [-0.25, -0.2) is 9.59 Å². The Morgan fingerprint density at radius 2 is 1.44 bits per heavy atom. The summed E-state index contributed by atoms with van der Waals surface area (Å²) in [5, 5.41) is 16.1. The van der Waals surface area contributed by atoms with Crippen LogP contribution in [0.1, 0.15) is 23.5 Å². The number of carboxylic acid groups (broad SMARTS) is 1. The topological polar surface area (TPSA) is 143 Å². The van der Waals surface area contributed by atoms with E-state index in [0.29, 0.717) is 0 Å². The highest BCUT2D eigenvalue weighted by atomic mass is 16.5. The molecular formula is C24H27N3O7. The number of benzene rings is 2. The quantitative estimate of drug-likeness (QED) is 0.388. The van der Waals surface area contributed by atoms with Crippen LogP contribution in [0.3, 0.4) is 0 Å². The van der Waals surface area contributed by atoms with Gasteiger partial charge in [0.05, 0.1) is 6.54 Å². The Morgan fingerprint density at radius 1 is 0.882 bits per heavy atom. The van der Waals surface area contributed by atoms with Gasteiger partial charge in [-0.05, 0) is 22.3 Å². The Labute approximate surface area is 196 Å². The number of fused-ring (bicyclic) bond motifs is 3. The highest BCUT2D eigenvalue weighted by molar-refractivity contribution is 5.87. The van der Waals surface area contributed by atoms with Gasteiger partial charge in [0.15, 0.2) is 6.10 Å². The van der Waals surface area contributed by atoms with Crippen LogP contribution in [0.5, 0.6) is 0 Å². The van der Waals surface area contributed by atoms with Gasteiger partial charge in [-0.3, -0.25) is 9.59 Å². The van der Waals surface area contributed by atoms with E-state index in [9.17, 15) is 19.2 Å². The van der Waals surface area contributed by atoms with Crippen LogP contribution in [0.25, 0.3) is 11.1 Å². The number of carboxylic acids is 1. The molecule has 0 radical (unpaired) electrons. The lowest BCUT2D eigenvalue weighted by Gasteiger charge is -2.14. The van der Waals surface area contributed by atoms with Gasteiger partial charge in [-0.1, -0.05) is 48.5 Å². The zero-order chi connectivity index (χ0) is 24.5. The SMILES string of the molecule is COC(CCNC(=O)CNC(=O)CNC(=O)OCC1c2ccccc2-c2ccccc21)C(=O)O. The molecule has 3 amide bonds. The van der Waals surface area contributed by atoms with E-state index in [1.54, 1.807) is 0 Å². The van der Waals surface area contributed by atoms with Gasteiger partial charge >= 0.3 is 12.1 Å². The third-order valence-corrected chi connectivity index (χ3v) is 5.47. The van der Waals surface area contributed by atoms with Crippen molar-refractivity contribution in [3.63, 3.8) is 0 Å².